The van der Waals surface area contributed by atoms with E-state index in [1.165, 1.54) is 0 Å². The van der Waals surface area contributed by atoms with E-state index in [0.29, 0.717) is 16.5 Å². The number of hydrogen-bond donors (Lipinski definition) is 2. The van der Waals surface area contributed by atoms with Gasteiger partial charge in [-0.1, -0.05) is 29.8 Å². The van der Waals surface area contributed by atoms with Crippen LogP contribution in [0.25, 0.3) is 0 Å². The fourth-order valence-corrected chi connectivity index (χ4v) is 2.39. The van der Waals surface area contributed by atoms with Crippen molar-refractivity contribution in [1.29, 1.82) is 0 Å². The first-order valence-corrected chi connectivity index (χ1v) is 7.38. The smallest absolute Gasteiger partial charge is 0.326 e. The van der Waals surface area contributed by atoms with Gasteiger partial charge < -0.3 is 10.4 Å². The molecule has 1 rings (SSSR count). The van der Waals surface area contributed by atoms with Crippen molar-refractivity contribution >= 4 is 43.7 Å². The lowest BCUT2D eigenvalue weighted by molar-refractivity contribution is -0.139. The summed E-state index contributed by atoms with van der Waals surface area (Å²) in [6.45, 7) is 3.83. The summed E-state index contributed by atoms with van der Waals surface area (Å²) >= 11 is 6.56. The number of hydrogen-bond acceptors (Lipinski definition) is 2. The molecule has 0 heterocycles. The van der Waals surface area contributed by atoms with Gasteiger partial charge >= 0.3 is 5.97 Å². The minimum Gasteiger partial charge on any atom is -0.480 e. The van der Waals surface area contributed by atoms with Gasteiger partial charge in [0.1, 0.15) is 6.04 Å². The van der Waals surface area contributed by atoms with Crippen molar-refractivity contribution in [1.82, 2.24) is 5.32 Å². The number of halogens is 2. The van der Waals surface area contributed by atoms with E-state index >= 15 is 0 Å². The number of carbonyl (C=O) groups is 2. The number of amides is 1. The van der Waals surface area contributed by atoms with Crippen LogP contribution in [-0.2, 0) is 4.79 Å². The average molecular weight is 393 g/mol. The Kier molecular flexibility index (Phi) is 6.00. The van der Waals surface area contributed by atoms with Crippen LogP contribution < -0.4 is 5.32 Å². The van der Waals surface area contributed by atoms with Crippen molar-refractivity contribution in [2.24, 2.45) is 5.92 Å². The number of carbonyl (C=O) groups excluding carboxylic acids is 1. The summed E-state index contributed by atoms with van der Waals surface area (Å²) in [4.78, 5) is 23.2. The van der Waals surface area contributed by atoms with Gasteiger partial charge in [-0.2, -0.15) is 0 Å². The molecule has 1 aromatic carbocycles. The lowest BCUT2D eigenvalue weighted by Crippen LogP contribution is -2.41. The average Bonchev–Trinajstić information content (AvgIpc) is 2.30. The van der Waals surface area contributed by atoms with E-state index in [2.05, 4.69) is 37.2 Å². The van der Waals surface area contributed by atoms with E-state index in [9.17, 15) is 9.59 Å². The second-order valence-corrected chi connectivity index (χ2v) is 6.39. The van der Waals surface area contributed by atoms with Gasteiger partial charge in [-0.3, -0.25) is 4.79 Å². The van der Waals surface area contributed by atoms with E-state index in [-0.39, 0.29) is 5.92 Å². The SMILES string of the molecule is CC(C)C[C@@H](NC(=O)c1cc(Br)ccc1Br)C(=O)O. The van der Waals surface area contributed by atoms with Crippen LogP contribution in [0.1, 0.15) is 30.6 Å². The van der Waals surface area contributed by atoms with E-state index in [0.717, 1.165) is 4.47 Å². The van der Waals surface area contributed by atoms with Crippen molar-refractivity contribution < 1.29 is 14.7 Å². The number of carboxylic acid groups (broad SMARTS) is 1. The molecule has 0 fully saturated rings. The Hall–Kier alpha value is -0.880. The fraction of sp³-hybridized carbons (Fsp3) is 0.385. The Morgan fingerprint density at radius 2 is 1.95 bits per heavy atom. The molecular weight excluding hydrogens is 378 g/mol. The first kappa shape index (κ1) is 16.2. The highest BCUT2D eigenvalue weighted by Crippen LogP contribution is 2.21. The Bertz CT molecular complexity index is 489. The zero-order chi connectivity index (χ0) is 14.6. The van der Waals surface area contributed by atoms with E-state index in [1.54, 1.807) is 18.2 Å². The molecule has 1 amide bonds. The molecule has 0 unspecified atom stereocenters. The summed E-state index contributed by atoms with van der Waals surface area (Å²) in [5.74, 6) is -1.23. The number of aliphatic carboxylic acids is 1. The van der Waals surface area contributed by atoms with Gasteiger partial charge in [0.2, 0.25) is 0 Å². The predicted octanol–water partition coefficient (Wildman–Crippen LogP) is 3.44. The summed E-state index contributed by atoms with van der Waals surface area (Å²) < 4.78 is 1.39. The highest BCUT2D eigenvalue weighted by Gasteiger charge is 2.22. The number of benzene rings is 1. The molecule has 0 radical (unpaired) electrons. The molecule has 6 heteroatoms. The molecular formula is C13H15Br2NO3. The molecule has 0 saturated heterocycles. The van der Waals surface area contributed by atoms with Crippen LogP contribution in [0, 0.1) is 5.92 Å². The van der Waals surface area contributed by atoms with Gasteiger partial charge in [0.25, 0.3) is 5.91 Å². The van der Waals surface area contributed by atoms with Crippen LogP contribution in [0.5, 0.6) is 0 Å². The van der Waals surface area contributed by atoms with Gasteiger partial charge in [0.05, 0.1) is 5.56 Å². The zero-order valence-corrected chi connectivity index (χ0v) is 13.8. The summed E-state index contributed by atoms with van der Waals surface area (Å²) in [7, 11) is 0. The normalized spacial score (nSPS) is 12.3. The number of rotatable bonds is 5. The van der Waals surface area contributed by atoms with E-state index < -0.39 is 17.9 Å². The first-order chi connectivity index (χ1) is 8.81. The molecule has 1 atom stereocenters. The maximum Gasteiger partial charge on any atom is 0.326 e. The van der Waals surface area contributed by atoms with Crippen LogP contribution in [0.15, 0.2) is 27.1 Å². The van der Waals surface area contributed by atoms with Crippen LogP contribution in [0.4, 0.5) is 0 Å². The van der Waals surface area contributed by atoms with Gasteiger partial charge in [-0.15, -0.1) is 0 Å². The van der Waals surface area contributed by atoms with Gasteiger partial charge in [-0.05, 0) is 46.5 Å². The topological polar surface area (TPSA) is 66.4 Å². The maximum atomic E-state index is 12.1. The highest BCUT2D eigenvalue weighted by atomic mass is 79.9. The highest BCUT2D eigenvalue weighted by molar-refractivity contribution is 9.11. The van der Waals surface area contributed by atoms with Gasteiger partial charge in [0.15, 0.2) is 0 Å². The minimum absolute atomic E-state index is 0.187. The van der Waals surface area contributed by atoms with Crippen LogP contribution in [0.3, 0.4) is 0 Å². The fourth-order valence-electron chi connectivity index (χ4n) is 1.60. The summed E-state index contributed by atoms with van der Waals surface area (Å²) in [6.07, 6.45) is 0.396. The van der Waals surface area contributed by atoms with E-state index in [4.69, 9.17) is 5.11 Å². The summed E-state index contributed by atoms with van der Waals surface area (Å²) in [6, 6.07) is 4.30. The monoisotopic (exact) mass is 391 g/mol. The van der Waals surface area contributed by atoms with Gasteiger partial charge in [0, 0.05) is 8.95 Å². The molecule has 0 bridgehead atoms. The second kappa shape index (κ2) is 7.05. The maximum absolute atomic E-state index is 12.1. The predicted molar refractivity (Wildman–Crippen MR) is 80.2 cm³/mol. The quantitative estimate of drug-likeness (QED) is 0.806. The largest absolute Gasteiger partial charge is 0.480 e. The third kappa shape index (κ3) is 4.95. The number of nitrogens with one attached hydrogen (secondary N) is 1. The van der Waals surface area contributed by atoms with Crippen molar-refractivity contribution in [3.63, 3.8) is 0 Å². The first-order valence-electron chi connectivity index (χ1n) is 5.80. The minimum atomic E-state index is -1.02. The molecule has 0 saturated carbocycles. The molecule has 104 valence electrons. The molecule has 0 aliphatic rings. The lowest BCUT2D eigenvalue weighted by atomic mass is 10.0. The van der Waals surface area contributed by atoms with Gasteiger partial charge in [-0.25, -0.2) is 4.79 Å². The molecule has 0 spiro atoms. The lowest BCUT2D eigenvalue weighted by Gasteiger charge is -2.17. The Morgan fingerprint density at radius 1 is 1.32 bits per heavy atom. The standard InChI is InChI=1S/C13H15Br2NO3/c1-7(2)5-11(13(18)19)16-12(17)9-6-8(14)3-4-10(9)15/h3-4,6-7,11H,5H2,1-2H3,(H,16,17)(H,18,19)/t11-/m1/s1. The van der Waals surface area contributed by atoms with E-state index in [1.807, 2.05) is 13.8 Å². The summed E-state index contributed by atoms with van der Waals surface area (Å²) in [5, 5.41) is 11.6. The van der Waals surface area contributed by atoms with Crippen LogP contribution >= 0.6 is 31.9 Å². The van der Waals surface area contributed by atoms with Crippen LogP contribution in [0.2, 0.25) is 0 Å². The Labute approximate surface area is 128 Å². The molecule has 2 N–H and O–H groups in total. The third-order valence-electron chi connectivity index (χ3n) is 2.48. The van der Waals surface area contributed by atoms with Crippen molar-refractivity contribution in [3.05, 3.63) is 32.7 Å². The molecule has 0 aromatic heterocycles. The molecule has 4 nitrogen and oxygen atoms in total. The Balaban J connectivity index is 2.87. The molecule has 0 aliphatic carbocycles. The third-order valence-corrected chi connectivity index (χ3v) is 3.67. The zero-order valence-electron chi connectivity index (χ0n) is 10.6. The summed E-state index contributed by atoms with van der Waals surface area (Å²) in [5.41, 5.74) is 0.407. The second-order valence-electron chi connectivity index (χ2n) is 4.62. The molecule has 19 heavy (non-hydrogen) atoms. The van der Waals surface area contributed by atoms with Crippen molar-refractivity contribution in [3.8, 4) is 0 Å². The van der Waals surface area contributed by atoms with Crippen molar-refractivity contribution in [2.45, 2.75) is 26.3 Å². The van der Waals surface area contributed by atoms with Crippen molar-refractivity contribution in [2.75, 3.05) is 0 Å². The molecule has 0 aliphatic heterocycles. The number of carboxylic acids is 1. The molecule has 1 aromatic rings. The van der Waals surface area contributed by atoms with Crippen LogP contribution in [-0.4, -0.2) is 23.0 Å². The Morgan fingerprint density at radius 3 is 2.47 bits per heavy atom.